The van der Waals surface area contributed by atoms with Crippen LogP contribution in [0.4, 0.5) is 0 Å². The Morgan fingerprint density at radius 2 is 1.05 bits per heavy atom. The minimum absolute atomic E-state index is 0.536. The predicted octanol–water partition coefficient (Wildman–Crippen LogP) is 13.6. The summed E-state index contributed by atoms with van der Waals surface area (Å²) < 4.78 is 2.41. The zero-order valence-electron chi connectivity index (χ0n) is 31.2. The Morgan fingerprint density at radius 1 is 0.421 bits per heavy atom. The maximum Gasteiger partial charge on any atom is 0.125 e. The quantitative estimate of drug-likeness (QED) is 0.103. The highest BCUT2D eigenvalue weighted by atomic mass is 15.0. The molecule has 0 aliphatic carbocycles. The Hall–Kier alpha value is -7.49. The number of aliphatic imine (C=N–C) groups is 1. The van der Waals surface area contributed by atoms with Crippen molar-refractivity contribution < 1.29 is 0 Å². The fourth-order valence-corrected chi connectivity index (χ4v) is 8.84. The van der Waals surface area contributed by atoms with Crippen LogP contribution in [0, 0.1) is 0 Å². The number of rotatable bonds is 6. The maximum atomic E-state index is 6.28. The van der Waals surface area contributed by atoms with Gasteiger partial charge in [-0.15, -0.1) is 0 Å². The van der Waals surface area contributed by atoms with Gasteiger partial charge in [0.15, 0.2) is 0 Å². The second-order valence-corrected chi connectivity index (χ2v) is 14.9. The average molecular weight is 728 g/mol. The molecule has 0 unspecified atom stereocenters. The van der Waals surface area contributed by atoms with E-state index < -0.39 is 0 Å². The third kappa shape index (κ3) is 5.55. The Kier molecular flexibility index (Phi) is 7.71. The summed E-state index contributed by atoms with van der Waals surface area (Å²) in [6.07, 6.45) is 0. The lowest BCUT2D eigenvalue weighted by molar-refractivity contribution is 1.06. The Bertz CT molecular complexity index is 3370. The summed E-state index contributed by atoms with van der Waals surface area (Å²) in [6, 6.07) is 72.4. The fourth-order valence-electron chi connectivity index (χ4n) is 8.84. The second-order valence-electron chi connectivity index (χ2n) is 14.9. The van der Waals surface area contributed by atoms with Gasteiger partial charge in [0, 0.05) is 22.0 Å². The molecule has 2 N–H and O–H groups in total. The van der Waals surface area contributed by atoms with E-state index in [1.807, 2.05) is 30.3 Å². The Labute approximate surface area is 330 Å². The van der Waals surface area contributed by atoms with Crippen LogP contribution in [0.25, 0.3) is 92.8 Å². The van der Waals surface area contributed by atoms with Gasteiger partial charge in [0.1, 0.15) is 5.84 Å². The lowest BCUT2D eigenvalue weighted by Crippen LogP contribution is -2.13. The smallest absolute Gasteiger partial charge is 0.125 e. The van der Waals surface area contributed by atoms with E-state index in [1.54, 1.807) is 0 Å². The fraction of sp³-hybridized carbons (Fsp3) is 0.0185. The van der Waals surface area contributed by atoms with Crippen molar-refractivity contribution in [3.05, 3.63) is 211 Å². The number of aromatic nitrogens is 1. The zero-order valence-corrected chi connectivity index (χ0v) is 31.2. The van der Waals surface area contributed by atoms with Crippen LogP contribution in [0.3, 0.4) is 0 Å². The van der Waals surface area contributed by atoms with Crippen molar-refractivity contribution in [2.45, 2.75) is 6.54 Å². The molecule has 0 fully saturated rings. The van der Waals surface area contributed by atoms with Crippen molar-refractivity contribution in [3.8, 4) is 27.9 Å². The van der Waals surface area contributed by atoms with Gasteiger partial charge in [-0.2, -0.15) is 0 Å². The molecule has 11 rings (SSSR count). The molecule has 0 amide bonds. The average Bonchev–Trinajstić information content (AvgIpc) is 3.62. The highest BCUT2D eigenvalue weighted by Crippen LogP contribution is 2.43. The molecule has 0 aliphatic heterocycles. The van der Waals surface area contributed by atoms with Crippen LogP contribution in [-0.4, -0.2) is 10.4 Å². The van der Waals surface area contributed by atoms with Crippen LogP contribution < -0.4 is 5.73 Å². The van der Waals surface area contributed by atoms with E-state index >= 15 is 0 Å². The molecule has 3 heteroatoms. The summed E-state index contributed by atoms with van der Waals surface area (Å²) in [5, 5.41) is 12.6. The van der Waals surface area contributed by atoms with Crippen LogP contribution in [-0.2, 0) is 6.54 Å². The molecule has 0 bridgehead atoms. The summed E-state index contributed by atoms with van der Waals surface area (Å²) >= 11 is 0. The van der Waals surface area contributed by atoms with Crippen molar-refractivity contribution >= 4 is 70.7 Å². The van der Waals surface area contributed by atoms with Crippen molar-refractivity contribution in [2.24, 2.45) is 10.7 Å². The molecule has 57 heavy (non-hydrogen) atoms. The second kappa shape index (κ2) is 13.4. The van der Waals surface area contributed by atoms with Crippen molar-refractivity contribution in [1.82, 2.24) is 4.57 Å². The molecular weight excluding hydrogens is 691 g/mol. The molecule has 268 valence electrons. The van der Waals surface area contributed by atoms with Crippen LogP contribution in [0.1, 0.15) is 11.1 Å². The number of benzene rings is 10. The third-order valence-corrected chi connectivity index (χ3v) is 11.6. The number of amidine groups is 1. The summed E-state index contributed by atoms with van der Waals surface area (Å²) in [4.78, 5) is 4.65. The van der Waals surface area contributed by atoms with E-state index in [1.165, 1.54) is 92.8 Å². The first-order chi connectivity index (χ1) is 28.2. The molecule has 11 aromatic rings. The molecule has 0 aliphatic rings. The van der Waals surface area contributed by atoms with Gasteiger partial charge in [-0.05, 0) is 107 Å². The first-order valence-corrected chi connectivity index (χ1v) is 19.5. The van der Waals surface area contributed by atoms with Crippen molar-refractivity contribution in [2.75, 3.05) is 0 Å². The van der Waals surface area contributed by atoms with Crippen molar-refractivity contribution in [1.29, 1.82) is 0 Å². The molecule has 1 aromatic heterocycles. The number of nitrogens with zero attached hydrogens (tertiary/aromatic N) is 2. The lowest BCUT2D eigenvalue weighted by Gasteiger charge is -2.16. The van der Waals surface area contributed by atoms with E-state index in [-0.39, 0.29) is 0 Å². The number of fused-ring (bicyclic) bond motifs is 10. The summed E-state index contributed by atoms with van der Waals surface area (Å²) in [5.74, 6) is 0.556. The molecule has 3 nitrogen and oxygen atoms in total. The first kappa shape index (κ1) is 32.9. The van der Waals surface area contributed by atoms with E-state index in [0.29, 0.717) is 12.4 Å². The standard InChI is InChI=1S/C54H37N3/c55-54(38-12-2-1-3-13-38)56-34-35-21-23-37(24-22-35)40-26-29-48-49(32-40)45-16-7-6-15-44(45)47-19-10-18-43(53(47)48)41-27-30-52-50(33-41)46-17-8-9-20-51(46)57(52)42-28-25-36-11-4-5-14-39(36)31-42/h1-33H,34H2,(H2,55,56). The molecular formula is C54H37N3. The van der Waals surface area contributed by atoms with Gasteiger partial charge in [0.25, 0.3) is 0 Å². The van der Waals surface area contributed by atoms with Crippen LogP contribution in [0.15, 0.2) is 205 Å². The van der Waals surface area contributed by atoms with Crippen LogP contribution >= 0.6 is 0 Å². The normalized spacial score (nSPS) is 12.1. The SMILES string of the molecule is NC(=NCc1ccc(-c2ccc3c(c2)c2ccccc2c2cccc(-c4ccc5c(c4)c4ccccc4n5-c4ccc5ccccc5c4)c23)cc1)c1ccccc1. The van der Waals surface area contributed by atoms with Gasteiger partial charge in [-0.25, -0.2) is 0 Å². The van der Waals surface area contributed by atoms with E-state index in [4.69, 9.17) is 5.73 Å². The van der Waals surface area contributed by atoms with Gasteiger partial charge >= 0.3 is 0 Å². The third-order valence-electron chi connectivity index (χ3n) is 11.6. The Balaban J connectivity index is 1.04. The van der Waals surface area contributed by atoms with E-state index in [0.717, 1.165) is 11.1 Å². The molecule has 0 saturated carbocycles. The van der Waals surface area contributed by atoms with Crippen molar-refractivity contribution in [3.63, 3.8) is 0 Å². The number of hydrogen-bond donors (Lipinski definition) is 1. The largest absolute Gasteiger partial charge is 0.383 e. The number of nitrogens with two attached hydrogens (primary N) is 1. The predicted molar refractivity (Wildman–Crippen MR) is 243 cm³/mol. The van der Waals surface area contributed by atoms with Crippen LogP contribution in [0.5, 0.6) is 0 Å². The van der Waals surface area contributed by atoms with Gasteiger partial charge in [-0.1, -0.05) is 164 Å². The van der Waals surface area contributed by atoms with Gasteiger partial charge in [0.2, 0.25) is 0 Å². The molecule has 0 radical (unpaired) electrons. The van der Waals surface area contributed by atoms with Gasteiger partial charge in [-0.3, -0.25) is 4.99 Å². The monoisotopic (exact) mass is 727 g/mol. The summed E-state index contributed by atoms with van der Waals surface area (Å²) in [6.45, 7) is 0.536. The number of hydrogen-bond acceptors (Lipinski definition) is 1. The molecule has 0 atom stereocenters. The summed E-state index contributed by atoms with van der Waals surface area (Å²) in [5.41, 5.74) is 16.7. The Morgan fingerprint density at radius 3 is 1.89 bits per heavy atom. The van der Waals surface area contributed by atoms with E-state index in [2.05, 4.69) is 179 Å². The van der Waals surface area contributed by atoms with Gasteiger partial charge < -0.3 is 10.3 Å². The minimum atomic E-state index is 0.536. The first-order valence-electron chi connectivity index (χ1n) is 19.5. The molecule has 0 spiro atoms. The molecule has 10 aromatic carbocycles. The van der Waals surface area contributed by atoms with Gasteiger partial charge in [0.05, 0.1) is 17.6 Å². The molecule has 0 saturated heterocycles. The highest BCUT2D eigenvalue weighted by molar-refractivity contribution is 6.29. The maximum absolute atomic E-state index is 6.28. The zero-order chi connectivity index (χ0) is 37.9. The molecule has 1 heterocycles. The highest BCUT2D eigenvalue weighted by Gasteiger charge is 2.17. The van der Waals surface area contributed by atoms with E-state index in [9.17, 15) is 0 Å². The topological polar surface area (TPSA) is 43.3 Å². The lowest BCUT2D eigenvalue weighted by atomic mass is 9.88. The number of para-hydroxylation sites is 1. The van der Waals surface area contributed by atoms with Crippen LogP contribution in [0.2, 0.25) is 0 Å². The minimum Gasteiger partial charge on any atom is -0.383 e. The summed E-state index contributed by atoms with van der Waals surface area (Å²) in [7, 11) is 0.